The summed E-state index contributed by atoms with van der Waals surface area (Å²) in [5.41, 5.74) is 3.91. The van der Waals surface area contributed by atoms with Gasteiger partial charge in [-0.1, -0.05) is 59.5 Å². The maximum atomic E-state index is 4.28. The van der Waals surface area contributed by atoms with E-state index in [1.807, 2.05) is 60.8 Å². The smallest absolute Gasteiger partial charge is 0.113 e. The third-order valence-electron chi connectivity index (χ3n) is 3.70. The average Bonchev–Trinajstić information content (AvgIpc) is 3.28. The Labute approximate surface area is 129 Å². The maximum Gasteiger partial charge on any atom is 0.113 e. The SMILES string of the molecule is C(#CC1CC1)c1ccccc1-n1cc(-c2ccccc2)nn1. The Bertz CT molecular complexity index is 849. The summed E-state index contributed by atoms with van der Waals surface area (Å²) in [6.45, 7) is 0. The fraction of sp³-hybridized carbons (Fsp3) is 0.158. The summed E-state index contributed by atoms with van der Waals surface area (Å²) < 4.78 is 1.80. The molecule has 3 aromatic rings. The summed E-state index contributed by atoms with van der Waals surface area (Å²) in [6.07, 6.45) is 4.42. The van der Waals surface area contributed by atoms with Crippen LogP contribution in [0.2, 0.25) is 0 Å². The van der Waals surface area contributed by atoms with Gasteiger partial charge in [0, 0.05) is 11.5 Å². The molecule has 0 atom stereocenters. The molecule has 1 fully saturated rings. The molecule has 1 heterocycles. The number of para-hydroxylation sites is 1. The number of benzene rings is 2. The first-order valence-electron chi connectivity index (χ1n) is 7.49. The summed E-state index contributed by atoms with van der Waals surface area (Å²) in [7, 11) is 0. The highest BCUT2D eigenvalue weighted by atomic mass is 15.4. The van der Waals surface area contributed by atoms with Gasteiger partial charge in [0.2, 0.25) is 0 Å². The highest BCUT2D eigenvalue weighted by Gasteiger charge is 2.18. The highest BCUT2D eigenvalue weighted by Crippen LogP contribution is 2.28. The predicted molar refractivity (Wildman–Crippen MR) is 86.4 cm³/mol. The molecule has 0 spiro atoms. The van der Waals surface area contributed by atoms with Gasteiger partial charge in [-0.05, 0) is 25.0 Å². The summed E-state index contributed by atoms with van der Waals surface area (Å²) >= 11 is 0. The Kier molecular flexibility index (Phi) is 3.21. The zero-order valence-electron chi connectivity index (χ0n) is 12.1. The third-order valence-corrected chi connectivity index (χ3v) is 3.70. The third kappa shape index (κ3) is 2.64. The molecule has 0 radical (unpaired) electrons. The molecule has 2 aromatic carbocycles. The maximum absolute atomic E-state index is 4.28. The molecule has 1 saturated carbocycles. The standard InChI is InChI=1S/C19H15N3/c1-2-6-16(7-3-1)18-14-22(21-20-18)19-9-5-4-8-17(19)13-12-15-10-11-15/h1-9,14-15H,10-11H2. The molecule has 0 aliphatic heterocycles. The molecule has 3 heteroatoms. The van der Waals surface area contributed by atoms with Crippen molar-refractivity contribution in [1.82, 2.24) is 15.0 Å². The predicted octanol–water partition coefficient (Wildman–Crippen LogP) is 3.70. The fourth-order valence-corrected chi connectivity index (χ4v) is 2.31. The molecule has 106 valence electrons. The molecule has 3 nitrogen and oxygen atoms in total. The van der Waals surface area contributed by atoms with Crippen molar-refractivity contribution in [3.05, 3.63) is 66.4 Å². The van der Waals surface area contributed by atoms with Crippen molar-refractivity contribution in [2.24, 2.45) is 5.92 Å². The van der Waals surface area contributed by atoms with Crippen LogP contribution in [-0.4, -0.2) is 15.0 Å². The van der Waals surface area contributed by atoms with Crippen LogP contribution in [0.15, 0.2) is 60.8 Å². The monoisotopic (exact) mass is 285 g/mol. The van der Waals surface area contributed by atoms with Gasteiger partial charge in [0.1, 0.15) is 5.69 Å². The highest BCUT2D eigenvalue weighted by molar-refractivity contribution is 5.59. The van der Waals surface area contributed by atoms with Gasteiger partial charge >= 0.3 is 0 Å². The molecule has 0 bridgehead atoms. The summed E-state index contributed by atoms with van der Waals surface area (Å²) in [5, 5.41) is 8.54. The fourth-order valence-electron chi connectivity index (χ4n) is 2.31. The van der Waals surface area contributed by atoms with Gasteiger partial charge < -0.3 is 0 Å². The summed E-state index contributed by atoms with van der Waals surface area (Å²) in [5.74, 6) is 7.18. The van der Waals surface area contributed by atoms with Gasteiger partial charge in [0.25, 0.3) is 0 Å². The number of nitrogens with zero attached hydrogens (tertiary/aromatic N) is 3. The quantitative estimate of drug-likeness (QED) is 0.672. The van der Waals surface area contributed by atoms with Crippen LogP contribution in [0.25, 0.3) is 16.9 Å². The Hall–Kier alpha value is -2.86. The van der Waals surface area contributed by atoms with Crippen molar-refractivity contribution in [2.45, 2.75) is 12.8 Å². The van der Waals surface area contributed by atoms with E-state index in [2.05, 4.69) is 22.2 Å². The van der Waals surface area contributed by atoms with Crippen molar-refractivity contribution in [1.29, 1.82) is 0 Å². The Balaban J connectivity index is 1.71. The Morgan fingerprint density at radius 1 is 0.955 bits per heavy atom. The molecule has 1 aliphatic rings. The van der Waals surface area contributed by atoms with Gasteiger partial charge in [-0.2, -0.15) is 0 Å². The lowest BCUT2D eigenvalue weighted by atomic mass is 10.1. The largest absolute Gasteiger partial charge is 0.219 e. The summed E-state index contributed by atoms with van der Waals surface area (Å²) in [4.78, 5) is 0. The minimum absolute atomic E-state index is 0.587. The summed E-state index contributed by atoms with van der Waals surface area (Å²) in [6, 6.07) is 18.1. The minimum atomic E-state index is 0.587. The number of hydrogen-bond acceptors (Lipinski definition) is 2. The van der Waals surface area contributed by atoms with Crippen molar-refractivity contribution in [2.75, 3.05) is 0 Å². The van der Waals surface area contributed by atoms with E-state index in [9.17, 15) is 0 Å². The van der Waals surface area contributed by atoms with Gasteiger partial charge in [-0.15, -0.1) is 5.10 Å². The molecule has 4 rings (SSSR count). The topological polar surface area (TPSA) is 30.7 Å². The van der Waals surface area contributed by atoms with Gasteiger partial charge in [-0.25, -0.2) is 4.68 Å². The van der Waals surface area contributed by atoms with Crippen molar-refractivity contribution in [3.8, 4) is 28.8 Å². The molecular weight excluding hydrogens is 270 g/mol. The van der Waals surface area contributed by atoms with Crippen LogP contribution in [0.4, 0.5) is 0 Å². The average molecular weight is 285 g/mol. The first-order chi connectivity index (χ1) is 10.9. The van der Waals surface area contributed by atoms with E-state index in [4.69, 9.17) is 0 Å². The normalized spacial score (nSPS) is 13.5. The van der Waals surface area contributed by atoms with E-state index >= 15 is 0 Å². The zero-order valence-corrected chi connectivity index (χ0v) is 12.1. The van der Waals surface area contributed by atoms with Gasteiger partial charge in [-0.3, -0.25) is 0 Å². The second kappa shape index (κ2) is 5.50. The Morgan fingerprint density at radius 3 is 2.55 bits per heavy atom. The van der Waals surface area contributed by atoms with Crippen LogP contribution in [0.1, 0.15) is 18.4 Å². The van der Waals surface area contributed by atoms with Crippen LogP contribution in [0.3, 0.4) is 0 Å². The van der Waals surface area contributed by atoms with E-state index in [-0.39, 0.29) is 0 Å². The van der Waals surface area contributed by atoms with Crippen LogP contribution in [-0.2, 0) is 0 Å². The first kappa shape index (κ1) is 12.8. The van der Waals surface area contributed by atoms with Crippen LogP contribution in [0.5, 0.6) is 0 Å². The van der Waals surface area contributed by atoms with Crippen molar-refractivity contribution < 1.29 is 0 Å². The molecular formula is C19H15N3. The molecule has 0 saturated heterocycles. The van der Waals surface area contributed by atoms with Gasteiger partial charge in [0.05, 0.1) is 17.4 Å². The van der Waals surface area contributed by atoms with Crippen molar-refractivity contribution >= 4 is 0 Å². The lowest BCUT2D eigenvalue weighted by Gasteiger charge is -2.02. The second-order valence-electron chi connectivity index (χ2n) is 5.48. The number of hydrogen-bond donors (Lipinski definition) is 0. The molecule has 0 N–H and O–H groups in total. The number of aromatic nitrogens is 3. The van der Waals surface area contributed by atoms with E-state index in [0.717, 1.165) is 22.5 Å². The molecule has 1 aromatic heterocycles. The Morgan fingerprint density at radius 2 is 1.73 bits per heavy atom. The molecule has 22 heavy (non-hydrogen) atoms. The molecule has 1 aliphatic carbocycles. The molecule has 0 unspecified atom stereocenters. The minimum Gasteiger partial charge on any atom is -0.219 e. The van der Waals surface area contributed by atoms with Gasteiger partial charge in [0.15, 0.2) is 0 Å². The van der Waals surface area contributed by atoms with E-state index in [1.165, 1.54) is 12.8 Å². The molecule has 0 amide bonds. The van der Waals surface area contributed by atoms with Crippen LogP contribution < -0.4 is 0 Å². The lowest BCUT2D eigenvalue weighted by Crippen LogP contribution is -1.98. The van der Waals surface area contributed by atoms with E-state index < -0.39 is 0 Å². The van der Waals surface area contributed by atoms with Crippen LogP contribution >= 0.6 is 0 Å². The number of rotatable bonds is 2. The van der Waals surface area contributed by atoms with E-state index in [0.29, 0.717) is 5.92 Å². The zero-order chi connectivity index (χ0) is 14.8. The van der Waals surface area contributed by atoms with Crippen molar-refractivity contribution in [3.63, 3.8) is 0 Å². The van der Waals surface area contributed by atoms with Crippen LogP contribution in [0, 0.1) is 17.8 Å². The second-order valence-corrected chi connectivity index (χ2v) is 5.48. The lowest BCUT2D eigenvalue weighted by molar-refractivity contribution is 0.802. The van der Waals surface area contributed by atoms with E-state index in [1.54, 1.807) is 4.68 Å². The first-order valence-corrected chi connectivity index (χ1v) is 7.49.